The first-order valence-electron chi connectivity index (χ1n) is 7.52. The maximum Gasteiger partial charge on any atom is 0.310 e. The zero-order chi connectivity index (χ0) is 16.0. The molecule has 1 aromatic carbocycles. The molecule has 23 heavy (non-hydrogen) atoms. The minimum Gasteiger partial charge on any atom is -0.481 e. The first-order valence-corrected chi connectivity index (χ1v) is 7.52. The van der Waals surface area contributed by atoms with Crippen LogP contribution in [0.2, 0.25) is 0 Å². The smallest absolute Gasteiger partial charge is 0.310 e. The third kappa shape index (κ3) is 2.18. The van der Waals surface area contributed by atoms with Gasteiger partial charge >= 0.3 is 5.97 Å². The molecule has 2 N–H and O–H groups in total. The Morgan fingerprint density at radius 3 is 2.65 bits per heavy atom. The number of carbonyl (C=O) groups is 2. The summed E-state index contributed by atoms with van der Waals surface area (Å²) in [4.78, 5) is 23.5. The van der Waals surface area contributed by atoms with Crippen LogP contribution in [0.15, 0.2) is 42.6 Å². The number of nitrogens with zero attached hydrogens (tertiary/aromatic N) is 2. The fourth-order valence-electron chi connectivity index (χ4n) is 3.45. The minimum atomic E-state index is -0.745. The zero-order valence-electron chi connectivity index (χ0n) is 12.3. The van der Waals surface area contributed by atoms with Gasteiger partial charge in [-0.3, -0.25) is 9.59 Å². The maximum absolute atomic E-state index is 12.3. The molecule has 2 fully saturated rings. The Balaban J connectivity index is 1.47. The van der Waals surface area contributed by atoms with Gasteiger partial charge in [0.25, 0.3) is 5.91 Å². The van der Waals surface area contributed by atoms with Crippen molar-refractivity contribution in [3.8, 4) is 11.3 Å². The summed E-state index contributed by atoms with van der Waals surface area (Å²) in [6.45, 7) is 0. The van der Waals surface area contributed by atoms with Crippen LogP contribution in [0.5, 0.6) is 0 Å². The predicted octanol–water partition coefficient (Wildman–Crippen LogP) is 1.74. The van der Waals surface area contributed by atoms with Crippen LogP contribution in [-0.2, 0) is 4.79 Å². The van der Waals surface area contributed by atoms with Gasteiger partial charge in [0.05, 0.1) is 22.9 Å². The molecule has 4 rings (SSSR count). The minimum absolute atomic E-state index is 0.0491. The van der Waals surface area contributed by atoms with E-state index in [0.29, 0.717) is 24.1 Å². The molecule has 3 atom stereocenters. The zero-order valence-corrected chi connectivity index (χ0v) is 12.3. The Morgan fingerprint density at radius 1 is 1.22 bits per heavy atom. The highest BCUT2D eigenvalue weighted by atomic mass is 16.4. The Hall–Kier alpha value is -2.76. The number of aromatic nitrogens is 2. The molecule has 2 aromatic rings. The fraction of sp³-hybridized carbons (Fsp3) is 0.294. The molecule has 0 spiro atoms. The van der Waals surface area contributed by atoms with E-state index in [-0.39, 0.29) is 17.9 Å². The summed E-state index contributed by atoms with van der Waals surface area (Å²) in [6, 6.07) is 11.2. The Labute approximate surface area is 132 Å². The predicted molar refractivity (Wildman–Crippen MR) is 81.5 cm³/mol. The molecule has 2 saturated carbocycles. The summed E-state index contributed by atoms with van der Waals surface area (Å²) in [5.41, 5.74) is 1.40. The number of fused-ring (bicyclic) bond motifs is 1. The first-order chi connectivity index (χ1) is 11.1. The Kier molecular flexibility index (Phi) is 2.94. The lowest BCUT2D eigenvalue weighted by molar-refractivity contribution is -0.147. The van der Waals surface area contributed by atoms with Crippen molar-refractivity contribution in [2.24, 2.45) is 11.3 Å². The standard InChI is InChI=1S/C17H15N3O3/c21-15(19-14-8-17(16(22)23)7-12(14)17)11-6-13(20-18-9-11)10-4-2-1-3-5-10/h1-6,9,12,14H,7-8H2,(H,19,21)(H,22,23)/t12-,14+,17-/m0/s1. The number of nitrogens with one attached hydrogen (secondary N) is 1. The van der Waals surface area contributed by atoms with Crippen LogP contribution < -0.4 is 5.32 Å². The lowest BCUT2D eigenvalue weighted by Gasteiger charge is -2.32. The van der Waals surface area contributed by atoms with Gasteiger partial charge in [-0.2, -0.15) is 10.2 Å². The molecule has 1 heterocycles. The van der Waals surface area contributed by atoms with Crippen LogP contribution in [0.1, 0.15) is 23.2 Å². The van der Waals surface area contributed by atoms with Crippen molar-refractivity contribution in [3.05, 3.63) is 48.2 Å². The summed E-state index contributed by atoms with van der Waals surface area (Å²) in [5, 5.41) is 20.0. The highest BCUT2D eigenvalue weighted by Gasteiger charge is 2.72. The lowest BCUT2D eigenvalue weighted by atomic mass is 9.80. The number of carbonyl (C=O) groups excluding carboxylic acids is 1. The van der Waals surface area contributed by atoms with Crippen molar-refractivity contribution >= 4 is 11.9 Å². The van der Waals surface area contributed by atoms with E-state index in [9.17, 15) is 9.59 Å². The summed E-state index contributed by atoms with van der Waals surface area (Å²) >= 11 is 0. The van der Waals surface area contributed by atoms with Crippen LogP contribution in [0, 0.1) is 11.3 Å². The molecule has 1 aromatic heterocycles. The van der Waals surface area contributed by atoms with E-state index >= 15 is 0 Å². The molecular formula is C17H15N3O3. The molecule has 116 valence electrons. The largest absolute Gasteiger partial charge is 0.481 e. The van der Waals surface area contributed by atoms with Gasteiger partial charge in [0.2, 0.25) is 0 Å². The van der Waals surface area contributed by atoms with E-state index in [4.69, 9.17) is 5.11 Å². The van der Waals surface area contributed by atoms with Gasteiger partial charge in [0.1, 0.15) is 0 Å². The van der Waals surface area contributed by atoms with Crippen molar-refractivity contribution in [3.63, 3.8) is 0 Å². The average molecular weight is 309 g/mol. The number of rotatable bonds is 4. The molecule has 6 heteroatoms. The number of hydrogen-bond acceptors (Lipinski definition) is 4. The van der Waals surface area contributed by atoms with Gasteiger partial charge in [-0.25, -0.2) is 0 Å². The number of aliphatic carboxylic acids is 1. The lowest BCUT2D eigenvalue weighted by Crippen LogP contribution is -2.48. The summed E-state index contributed by atoms with van der Waals surface area (Å²) in [7, 11) is 0. The van der Waals surface area contributed by atoms with E-state index in [2.05, 4.69) is 15.5 Å². The monoisotopic (exact) mass is 309 g/mol. The van der Waals surface area contributed by atoms with Gasteiger partial charge in [-0.05, 0) is 24.8 Å². The molecule has 1 amide bonds. The molecule has 2 aliphatic carbocycles. The fourth-order valence-corrected chi connectivity index (χ4v) is 3.45. The van der Waals surface area contributed by atoms with Gasteiger partial charge in [-0.1, -0.05) is 30.3 Å². The topological polar surface area (TPSA) is 92.2 Å². The second-order valence-electron chi connectivity index (χ2n) is 6.25. The van der Waals surface area contributed by atoms with Crippen LogP contribution >= 0.6 is 0 Å². The number of carboxylic acids is 1. The van der Waals surface area contributed by atoms with Crippen molar-refractivity contribution in [1.82, 2.24) is 15.5 Å². The Bertz CT molecular complexity index is 793. The van der Waals surface area contributed by atoms with Gasteiger partial charge in [0, 0.05) is 11.6 Å². The van der Waals surface area contributed by atoms with Gasteiger partial charge < -0.3 is 10.4 Å². The number of hydrogen-bond donors (Lipinski definition) is 2. The molecule has 0 bridgehead atoms. The first kappa shape index (κ1) is 13.9. The van der Waals surface area contributed by atoms with E-state index < -0.39 is 11.4 Å². The maximum atomic E-state index is 12.3. The van der Waals surface area contributed by atoms with E-state index in [1.165, 1.54) is 6.20 Å². The van der Waals surface area contributed by atoms with Crippen LogP contribution in [0.4, 0.5) is 0 Å². The van der Waals surface area contributed by atoms with Crippen molar-refractivity contribution in [2.45, 2.75) is 18.9 Å². The molecule has 2 aliphatic rings. The van der Waals surface area contributed by atoms with E-state index in [1.54, 1.807) is 6.07 Å². The molecule has 0 aliphatic heterocycles. The number of amides is 1. The second-order valence-corrected chi connectivity index (χ2v) is 6.25. The van der Waals surface area contributed by atoms with E-state index in [0.717, 1.165) is 5.56 Å². The van der Waals surface area contributed by atoms with Gasteiger partial charge in [-0.15, -0.1) is 0 Å². The summed E-state index contributed by atoms with van der Waals surface area (Å²) in [6.07, 6.45) is 2.61. The number of carboxylic acid groups (broad SMARTS) is 1. The third-order valence-electron chi connectivity index (χ3n) is 4.93. The molecule has 0 unspecified atom stereocenters. The quantitative estimate of drug-likeness (QED) is 0.897. The summed E-state index contributed by atoms with van der Waals surface area (Å²) in [5.74, 6) is -0.898. The molecule has 0 saturated heterocycles. The van der Waals surface area contributed by atoms with Gasteiger partial charge in [0.15, 0.2) is 0 Å². The highest BCUT2D eigenvalue weighted by Crippen LogP contribution is 2.67. The Morgan fingerprint density at radius 2 is 2.00 bits per heavy atom. The van der Waals surface area contributed by atoms with Crippen LogP contribution in [-0.4, -0.2) is 33.2 Å². The third-order valence-corrected chi connectivity index (χ3v) is 4.93. The molecule has 6 nitrogen and oxygen atoms in total. The number of benzene rings is 1. The van der Waals surface area contributed by atoms with Crippen molar-refractivity contribution in [2.75, 3.05) is 0 Å². The molecular weight excluding hydrogens is 294 g/mol. The average Bonchev–Trinajstić information content (AvgIpc) is 3.20. The summed E-state index contributed by atoms with van der Waals surface area (Å²) < 4.78 is 0. The second kappa shape index (κ2) is 4.87. The normalized spacial score (nSPS) is 27.5. The van der Waals surface area contributed by atoms with Crippen LogP contribution in [0.3, 0.4) is 0 Å². The van der Waals surface area contributed by atoms with Crippen molar-refractivity contribution in [1.29, 1.82) is 0 Å². The molecule has 0 radical (unpaired) electrons. The highest BCUT2D eigenvalue weighted by molar-refractivity contribution is 5.95. The van der Waals surface area contributed by atoms with E-state index in [1.807, 2.05) is 30.3 Å². The SMILES string of the molecule is O=C(N[C@@H]1C[C@@]2(C(=O)O)C[C@@H]12)c1cnnc(-c2ccccc2)c1. The van der Waals surface area contributed by atoms with Crippen molar-refractivity contribution < 1.29 is 14.7 Å². The van der Waals surface area contributed by atoms with Crippen LogP contribution in [0.25, 0.3) is 11.3 Å².